The number of nitro benzene ring substituents is 1. The second-order valence-corrected chi connectivity index (χ2v) is 5.64. The van der Waals surface area contributed by atoms with Gasteiger partial charge < -0.3 is 14.7 Å². The molecule has 21 heavy (non-hydrogen) atoms. The molecule has 1 saturated heterocycles. The van der Waals surface area contributed by atoms with E-state index in [2.05, 4.69) is 0 Å². The Bertz CT molecular complexity index is 498. The number of hydrogen-bond donors (Lipinski definition) is 1. The van der Waals surface area contributed by atoms with Gasteiger partial charge in [-0.05, 0) is 37.3 Å². The van der Waals surface area contributed by atoms with E-state index in [-0.39, 0.29) is 5.69 Å². The minimum absolute atomic E-state index is 0.0348. The van der Waals surface area contributed by atoms with E-state index in [1.165, 1.54) is 6.07 Å². The smallest absolute Gasteiger partial charge is 0.292 e. The van der Waals surface area contributed by atoms with Crippen LogP contribution in [0, 0.1) is 16.0 Å². The number of nitrogens with zero attached hydrogens (tertiary/aromatic N) is 2. The fourth-order valence-electron chi connectivity index (χ4n) is 2.71. The molecule has 2 atom stereocenters. The first-order valence-corrected chi connectivity index (χ1v) is 7.24. The molecule has 0 spiro atoms. The molecule has 116 valence electrons. The zero-order valence-electron chi connectivity index (χ0n) is 12.5. The molecule has 0 amide bonds. The van der Waals surface area contributed by atoms with Crippen molar-refractivity contribution in [2.75, 3.05) is 31.7 Å². The summed E-state index contributed by atoms with van der Waals surface area (Å²) in [5.74, 6) is 0.403. The van der Waals surface area contributed by atoms with Gasteiger partial charge in [0.25, 0.3) is 5.69 Å². The predicted molar refractivity (Wildman–Crippen MR) is 80.5 cm³/mol. The van der Waals surface area contributed by atoms with E-state index in [1.807, 2.05) is 11.9 Å². The molecular weight excluding hydrogens is 272 g/mol. The number of hydrogen-bond acceptors (Lipinski definition) is 5. The molecule has 1 heterocycles. The SMILES string of the molecule is C[C@@H](O)c1ccc(N(C)CC2CCCOC2)c([N+](=O)[O-])c1. The van der Waals surface area contributed by atoms with Gasteiger partial charge in [0.2, 0.25) is 0 Å². The van der Waals surface area contributed by atoms with E-state index in [0.29, 0.717) is 23.8 Å². The number of nitro groups is 1. The molecule has 0 aromatic heterocycles. The van der Waals surface area contributed by atoms with Crippen molar-refractivity contribution in [3.05, 3.63) is 33.9 Å². The second kappa shape index (κ2) is 6.87. The van der Waals surface area contributed by atoms with Gasteiger partial charge in [0, 0.05) is 26.3 Å². The highest BCUT2D eigenvalue weighted by Crippen LogP contribution is 2.31. The lowest BCUT2D eigenvalue weighted by Crippen LogP contribution is -2.31. The van der Waals surface area contributed by atoms with E-state index in [4.69, 9.17) is 4.74 Å². The van der Waals surface area contributed by atoms with Gasteiger partial charge in [0.15, 0.2) is 0 Å². The largest absolute Gasteiger partial charge is 0.389 e. The lowest BCUT2D eigenvalue weighted by molar-refractivity contribution is -0.384. The summed E-state index contributed by atoms with van der Waals surface area (Å²) in [6.45, 7) is 3.85. The van der Waals surface area contributed by atoms with Crippen molar-refractivity contribution < 1.29 is 14.8 Å². The topological polar surface area (TPSA) is 75.8 Å². The van der Waals surface area contributed by atoms with Crippen molar-refractivity contribution in [1.82, 2.24) is 0 Å². The molecule has 0 radical (unpaired) electrons. The van der Waals surface area contributed by atoms with Crippen molar-refractivity contribution in [3.63, 3.8) is 0 Å². The average molecular weight is 294 g/mol. The molecule has 6 nitrogen and oxygen atoms in total. The second-order valence-electron chi connectivity index (χ2n) is 5.64. The number of benzene rings is 1. The Balaban J connectivity index is 2.18. The highest BCUT2D eigenvalue weighted by atomic mass is 16.6. The molecule has 2 rings (SSSR count). The summed E-state index contributed by atoms with van der Waals surface area (Å²) in [7, 11) is 1.86. The van der Waals surface area contributed by atoms with Crippen molar-refractivity contribution in [2.45, 2.75) is 25.9 Å². The Hall–Kier alpha value is -1.66. The highest BCUT2D eigenvalue weighted by Gasteiger charge is 2.22. The number of ether oxygens (including phenoxy) is 1. The van der Waals surface area contributed by atoms with Gasteiger partial charge in [-0.3, -0.25) is 10.1 Å². The molecule has 1 N–H and O–H groups in total. The van der Waals surface area contributed by atoms with Crippen LogP contribution < -0.4 is 4.90 Å². The van der Waals surface area contributed by atoms with Crippen LogP contribution in [0.25, 0.3) is 0 Å². The van der Waals surface area contributed by atoms with Crippen LogP contribution in [0.3, 0.4) is 0 Å². The molecule has 1 fully saturated rings. The Morgan fingerprint density at radius 2 is 2.33 bits per heavy atom. The van der Waals surface area contributed by atoms with E-state index in [1.54, 1.807) is 19.1 Å². The fraction of sp³-hybridized carbons (Fsp3) is 0.600. The Kier molecular flexibility index (Phi) is 5.14. The average Bonchev–Trinajstić information content (AvgIpc) is 2.47. The summed E-state index contributed by atoms with van der Waals surface area (Å²) < 4.78 is 5.45. The number of anilines is 1. The maximum Gasteiger partial charge on any atom is 0.292 e. The van der Waals surface area contributed by atoms with Crippen LogP contribution in [0.4, 0.5) is 11.4 Å². The van der Waals surface area contributed by atoms with E-state index in [9.17, 15) is 15.2 Å². The van der Waals surface area contributed by atoms with E-state index >= 15 is 0 Å². The fourth-order valence-corrected chi connectivity index (χ4v) is 2.71. The lowest BCUT2D eigenvalue weighted by atomic mass is 10.0. The first kappa shape index (κ1) is 15.7. The Morgan fingerprint density at radius 1 is 1.57 bits per heavy atom. The van der Waals surface area contributed by atoms with Crippen LogP contribution >= 0.6 is 0 Å². The standard InChI is InChI=1S/C15H22N2O4/c1-11(18)13-5-6-14(15(8-13)17(19)20)16(2)9-12-4-3-7-21-10-12/h5-6,8,11-12,18H,3-4,7,9-10H2,1-2H3/t11-,12?/m1/s1. The minimum Gasteiger partial charge on any atom is -0.389 e. The molecule has 1 aromatic rings. The normalized spacial score (nSPS) is 20.0. The summed E-state index contributed by atoms with van der Waals surface area (Å²) in [4.78, 5) is 12.8. The lowest BCUT2D eigenvalue weighted by Gasteiger charge is -2.28. The maximum absolute atomic E-state index is 11.3. The van der Waals surface area contributed by atoms with Crippen LogP contribution in [-0.4, -0.2) is 36.8 Å². The Morgan fingerprint density at radius 3 is 2.90 bits per heavy atom. The van der Waals surface area contributed by atoms with E-state index in [0.717, 1.165) is 26.0 Å². The number of rotatable bonds is 5. The molecule has 0 aliphatic carbocycles. The number of aliphatic hydroxyl groups excluding tert-OH is 1. The number of aliphatic hydroxyl groups is 1. The van der Waals surface area contributed by atoms with Crippen LogP contribution in [0.2, 0.25) is 0 Å². The van der Waals surface area contributed by atoms with Crippen LogP contribution in [-0.2, 0) is 4.74 Å². The molecule has 1 aliphatic heterocycles. The summed E-state index contributed by atoms with van der Waals surface area (Å²) in [6.07, 6.45) is 1.42. The van der Waals surface area contributed by atoms with Crippen LogP contribution in [0.5, 0.6) is 0 Å². The monoisotopic (exact) mass is 294 g/mol. The van der Waals surface area contributed by atoms with Gasteiger partial charge in [-0.25, -0.2) is 0 Å². The predicted octanol–water partition coefficient (Wildman–Crippen LogP) is 2.51. The van der Waals surface area contributed by atoms with E-state index < -0.39 is 11.0 Å². The summed E-state index contributed by atoms with van der Waals surface area (Å²) in [5, 5.41) is 20.8. The van der Waals surface area contributed by atoms with Gasteiger partial charge >= 0.3 is 0 Å². The van der Waals surface area contributed by atoms with Crippen molar-refractivity contribution in [2.24, 2.45) is 5.92 Å². The third kappa shape index (κ3) is 3.92. The van der Waals surface area contributed by atoms with Crippen LogP contribution in [0.15, 0.2) is 18.2 Å². The van der Waals surface area contributed by atoms with Crippen molar-refractivity contribution in [3.8, 4) is 0 Å². The third-order valence-corrected chi connectivity index (χ3v) is 3.88. The quantitative estimate of drug-likeness (QED) is 0.667. The van der Waals surface area contributed by atoms with Gasteiger partial charge in [0.1, 0.15) is 5.69 Å². The third-order valence-electron chi connectivity index (χ3n) is 3.88. The minimum atomic E-state index is -0.713. The molecular formula is C15H22N2O4. The summed E-state index contributed by atoms with van der Waals surface area (Å²) in [6, 6.07) is 4.90. The van der Waals surface area contributed by atoms with Gasteiger partial charge in [0.05, 0.1) is 17.6 Å². The maximum atomic E-state index is 11.3. The summed E-state index contributed by atoms with van der Waals surface area (Å²) in [5.41, 5.74) is 1.17. The van der Waals surface area contributed by atoms with Gasteiger partial charge in [-0.2, -0.15) is 0 Å². The molecule has 1 aliphatic rings. The van der Waals surface area contributed by atoms with Crippen molar-refractivity contribution in [1.29, 1.82) is 0 Å². The molecule has 6 heteroatoms. The zero-order valence-corrected chi connectivity index (χ0v) is 12.5. The first-order valence-electron chi connectivity index (χ1n) is 7.24. The Labute approximate surface area is 124 Å². The van der Waals surface area contributed by atoms with Crippen molar-refractivity contribution >= 4 is 11.4 Å². The van der Waals surface area contributed by atoms with Crippen LogP contribution in [0.1, 0.15) is 31.4 Å². The molecule has 1 unspecified atom stereocenters. The zero-order chi connectivity index (χ0) is 15.4. The summed E-state index contributed by atoms with van der Waals surface area (Å²) >= 11 is 0. The van der Waals surface area contributed by atoms with Gasteiger partial charge in [-0.1, -0.05) is 6.07 Å². The highest BCUT2D eigenvalue weighted by molar-refractivity contribution is 5.64. The molecule has 0 bridgehead atoms. The molecule has 0 saturated carbocycles. The van der Waals surface area contributed by atoms with Gasteiger partial charge in [-0.15, -0.1) is 0 Å². The first-order chi connectivity index (χ1) is 9.99. The molecule has 1 aromatic carbocycles.